The van der Waals surface area contributed by atoms with E-state index in [-0.39, 0.29) is 0 Å². The highest BCUT2D eigenvalue weighted by atomic mass is 79.9. The SMILES string of the molecule is O=C(Cl)c1cc(-c2ccccn2)nc2ccc(Br)cc12. The van der Waals surface area contributed by atoms with Gasteiger partial charge in [-0.2, -0.15) is 0 Å². The summed E-state index contributed by atoms with van der Waals surface area (Å²) in [6.45, 7) is 0. The van der Waals surface area contributed by atoms with E-state index in [4.69, 9.17) is 11.6 Å². The highest BCUT2D eigenvalue weighted by Crippen LogP contribution is 2.27. The summed E-state index contributed by atoms with van der Waals surface area (Å²) >= 11 is 9.08. The third-order valence-electron chi connectivity index (χ3n) is 2.91. The van der Waals surface area contributed by atoms with Gasteiger partial charge >= 0.3 is 0 Å². The maximum Gasteiger partial charge on any atom is 0.253 e. The van der Waals surface area contributed by atoms with Crippen LogP contribution >= 0.6 is 27.5 Å². The molecule has 0 atom stereocenters. The zero-order chi connectivity index (χ0) is 14.1. The molecule has 0 saturated heterocycles. The molecule has 20 heavy (non-hydrogen) atoms. The van der Waals surface area contributed by atoms with Gasteiger partial charge in [0.25, 0.3) is 5.24 Å². The molecule has 0 amide bonds. The van der Waals surface area contributed by atoms with Crippen LogP contribution in [0.3, 0.4) is 0 Å². The van der Waals surface area contributed by atoms with Crippen molar-refractivity contribution in [1.29, 1.82) is 0 Å². The first kappa shape index (κ1) is 13.2. The summed E-state index contributed by atoms with van der Waals surface area (Å²) in [6, 6.07) is 12.8. The number of pyridine rings is 2. The Kier molecular flexibility index (Phi) is 3.51. The lowest BCUT2D eigenvalue weighted by molar-refractivity contribution is 0.108. The molecule has 1 aromatic carbocycles. The summed E-state index contributed by atoms with van der Waals surface area (Å²) in [5, 5.41) is 0.215. The number of carbonyl (C=O) groups is 1. The van der Waals surface area contributed by atoms with Crippen LogP contribution in [0.15, 0.2) is 53.1 Å². The number of hydrogen-bond acceptors (Lipinski definition) is 3. The predicted octanol–water partition coefficient (Wildman–Crippen LogP) is 4.44. The quantitative estimate of drug-likeness (QED) is 0.644. The summed E-state index contributed by atoms with van der Waals surface area (Å²) in [6.07, 6.45) is 1.69. The van der Waals surface area contributed by atoms with E-state index in [1.165, 1.54) is 0 Å². The third-order valence-corrected chi connectivity index (χ3v) is 3.61. The van der Waals surface area contributed by atoms with E-state index in [9.17, 15) is 4.79 Å². The number of carbonyl (C=O) groups excluding carboxylic acids is 1. The number of hydrogen-bond donors (Lipinski definition) is 0. The molecular formula is C15H8BrClN2O. The Hall–Kier alpha value is -1.78. The standard InChI is InChI=1S/C15H8BrClN2O/c16-9-4-5-12-10(7-9)11(15(17)20)8-14(19-12)13-3-1-2-6-18-13/h1-8H. The van der Waals surface area contributed by atoms with Gasteiger partial charge in [0.15, 0.2) is 0 Å². The molecule has 3 aromatic rings. The van der Waals surface area contributed by atoms with E-state index in [2.05, 4.69) is 25.9 Å². The zero-order valence-corrected chi connectivity index (χ0v) is 12.5. The average Bonchev–Trinajstić information content (AvgIpc) is 2.47. The summed E-state index contributed by atoms with van der Waals surface area (Å²) in [4.78, 5) is 20.4. The maximum absolute atomic E-state index is 11.7. The van der Waals surface area contributed by atoms with Crippen LogP contribution in [0.4, 0.5) is 0 Å². The van der Waals surface area contributed by atoms with Crippen molar-refractivity contribution in [3.63, 3.8) is 0 Å². The Labute approximate surface area is 128 Å². The van der Waals surface area contributed by atoms with E-state index in [1.54, 1.807) is 12.3 Å². The van der Waals surface area contributed by atoms with Crippen LogP contribution in [0, 0.1) is 0 Å². The fourth-order valence-corrected chi connectivity index (χ4v) is 2.52. The first-order valence-electron chi connectivity index (χ1n) is 5.87. The number of fused-ring (bicyclic) bond motifs is 1. The van der Waals surface area contributed by atoms with Crippen LogP contribution in [0.25, 0.3) is 22.3 Å². The molecule has 0 N–H and O–H groups in total. The minimum atomic E-state index is -0.507. The summed E-state index contributed by atoms with van der Waals surface area (Å²) < 4.78 is 0.872. The van der Waals surface area contributed by atoms with Gasteiger partial charge in [0.1, 0.15) is 0 Å². The molecular weight excluding hydrogens is 340 g/mol. The molecule has 2 heterocycles. The van der Waals surface area contributed by atoms with Crippen LogP contribution in [-0.4, -0.2) is 15.2 Å². The van der Waals surface area contributed by atoms with Gasteiger partial charge in [-0.3, -0.25) is 9.78 Å². The molecule has 0 aliphatic carbocycles. The molecule has 0 bridgehead atoms. The summed E-state index contributed by atoms with van der Waals surface area (Å²) in [5.74, 6) is 0. The molecule has 98 valence electrons. The second-order valence-corrected chi connectivity index (χ2v) is 5.46. The van der Waals surface area contributed by atoms with E-state index in [1.807, 2.05) is 36.4 Å². The Morgan fingerprint density at radius 3 is 2.65 bits per heavy atom. The van der Waals surface area contributed by atoms with Gasteiger partial charge in [-0.15, -0.1) is 0 Å². The monoisotopic (exact) mass is 346 g/mol. The zero-order valence-electron chi connectivity index (χ0n) is 10.2. The molecule has 0 aliphatic heterocycles. The van der Waals surface area contributed by atoms with E-state index in [0.29, 0.717) is 22.5 Å². The highest BCUT2D eigenvalue weighted by molar-refractivity contribution is 9.10. The van der Waals surface area contributed by atoms with Crippen LogP contribution < -0.4 is 0 Å². The first-order valence-corrected chi connectivity index (χ1v) is 7.04. The van der Waals surface area contributed by atoms with Crippen molar-refractivity contribution in [2.24, 2.45) is 0 Å². The highest BCUT2D eigenvalue weighted by Gasteiger charge is 2.13. The number of nitrogens with zero attached hydrogens (tertiary/aromatic N) is 2. The largest absolute Gasteiger partial charge is 0.276 e. The van der Waals surface area contributed by atoms with Gasteiger partial charge in [0.05, 0.1) is 16.9 Å². The summed E-state index contributed by atoms with van der Waals surface area (Å²) in [7, 11) is 0. The van der Waals surface area contributed by atoms with Gasteiger partial charge in [0, 0.05) is 21.6 Å². The van der Waals surface area contributed by atoms with E-state index in [0.717, 1.165) is 9.86 Å². The third kappa shape index (κ3) is 2.44. The van der Waals surface area contributed by atoms with Crippen molar-refractivity contribution in [2.45, 2.75) is 0 Å². The molecule has 0 radical (unpaired) electrons. The predicted molar refractivity (Wildman–Crippen MR) is 82.9 cm³/mol. The lowest BCUT2D eigenvalue weighted by Gasteiger charge is -2.07. The van der Waals surface area contributed by atoms with Crippen LogP contribution in [-0.2, 0) is 0 Å². The van der Waals surface area contributed by atoms with Gasteiger partial charge in [-0.25, -0.2) is 4.98 Å². The van der Waals surface area contributed by atoms with Gasteiger partial charge < -0.3 is 0 Å². The van der Waals surface area contributed by atoms with Crippen molar-refractivity contribution in [1.82, 2.24) is 9.97 Å². The molecule has 0 aliphatic rings. The lowest BCUT2D eigenvalue weighted by Crippen LogP contribution is -1.96. The van der Waals surface area contributed by atoms with Crippen LogP contribution in [0.2, 0.25) is 0 Å². The normalized spacial score (nSPS) is 10.7. The van der Waals surface area contributed by atoms with Crippen molar-refractivity contribution >= 4 is 43.7 Å². The van der Waals surface area contributed by atoms with E-state index < -0.39 is 5.24 Å². The fraction of sp³-hybridized carbons (Fsp3) is 0. The van der Waals surface area contributed by atoms with Crippen molar-refractivity contribution in [3.8, 4) is 11.4 Å². The van der Waals surface area contributed by atoms with Crippen molar-refractivity contribution in [2.75, 3.05) is 0 Å². The lowest BCUT2D eigenvalue weighted by atomic mass is 10.1. The van der Waals surface area contributed by atoms with E-state index >= 15 is 0 Å². The van der Waals surface area contributed by atoms with Crippen molar-refractivity contribution < 1.29 is 4.79 Å². The first-order chi connectivity index (χ1) is 9.65. The second-order valence-electron chi connectivity index (χ2n) is 4.21. The van der Waals surface area contributed by atoms with Crippen LogP contribution in [0.1, 0.15) is 10.4 Å². The van der Waals surface area contributed by atoms with Gasteiger partial charge in [0.2, 0.25) is 0 Å². The fourth-order valence-electron chi connectivity index (χ4n) is 2.01. The molecule has 0 spiro atoms. The number of benzene rings is 1. The van der Waals surface area contributed by atoms with Crippen molar-refractivity contribution in [3.05, 3.63) is 58.7 Å². The Bertz CT molecular complexity index is 806. The molecule has 0 fully saturated rings. The number of halogens is 2. The maximum atomic E-state index is 11.7. The topological polar surface area (TPSA) is 42.9 Å². The molecule has 3 nitrogen and oxygen atoms in total. The average molecular weight is 348 g/mol. The minimum absolute atomic E-state index is 0.429. The Morgan fingerprint density at radius 2 is 1.95 bits per heavy atom. The molecule has 3 rings (SSSR count). The molecule has 0 saturated carbocycles. The van der Waals surface area contributed by atoms with Crippen LogP contribution in [0.5, 0.6) is 0 Å². The molecule has 0 unspecified atom stereocenters. The molecule has 2 aromatic heterocycles. The van der Waals surface area contributed by atoms with Gasteiger partial charge in [-0.05, 0) is 48.0 Å². The molecule has 5 heteroatoms. The minimum Gasteiger partial charge on any atom is -0.276 e. The number of aromatic nitrogens is 2. The van der Waals surface area contributed by atoms with Gasteiger partial charge in [-0.1, -0.05) is 22.0 Å². The summed E-state index contributed by atoms with van der Waals surface area (Å²) in [5.41, 5.74) is 2.47. The Balaban J connectivity index is 2.32. The second kappa shape index (κ2) is 5.31. The number of rotatable bonds is 2. The Morgan fingerprint density at radius 1 is 1.10 bits per heavy atom. The smallest absolute Gasteiger partial charge is 0.253 e.